The lowest BCUT2D eigenvalue weighted by Gasteiger charge is -2.39. The maximum Gasteiger partial charge on any atom is 0.285 e. The van der Waals surface area contributed by atoms with E-state index in [0.29, 0.717) is 5.06 Å². The number of hydrogen-bond acceptors (Lipinski definition) is 8. The molecule has 5 atom stereocenters. The molecule has 0 spiro atoms. The van der Waals surface area contributed by atoms with Gasteiger partial charge < -0.3 is 25.2 Å². The Morgan fingerprint density at radius 3 is 2.09 bits per heavy atom. The second kappa shape index (κ2) is 5.96. The quantitative estimate of drug-likeness (QED) is 0.469. The Labute approximate surface area is 130 Å². The van der Waals surface area contributed by atoms with Crippen LogP contribution in [0.5, 0.6) is 0 Å². The van der Waals surface area contributed by atoms with Gasteiger partial charge in [-0.15, -0.1) is 5.06 Å². The molecule has 0 aliphatic carbocycles. The number of carbonyl (C=O) groups is 2. The highest BCUT2D eigenvalue weighted by Crippen LogP contribution is 2.27. The van der Waals surface area contributed by atoms with Gasteiger partial charge >= 0.3 is 0 Å². The highest BCUT2D eigenvalue weighted by molar-refractivity contribution is 6.20. The second-order valence-corrected chi connectivity index (χ2v) is 5.25. The van der Waals surface area contributed by atoms with Crippen molar-refractivity contribution < 1.29 is 39.6 Å². The van der Waals surface area contributed by atoms with E-state index in [-0.39, 0.29) is 11.1 Å². The minimum absolute atomic E-state index is 0.141. The molecule has 2 amide bonds. The number of hydroxylamine groups is 2. The van der Waals surface area contributed by atoms with Gasteiger partial charge in [-0.25, -0.2) is 4.84 Å². The SMILES string of the molecule is O=C1c2ccccc2C(=O)N1O[C@@H]1O[C@H](CO)[C@@H](O)[C@H](O)[C@H]1O. The molecule has 1 saturated heterocycles. The number of benzene rings is 1. The summed E-state index contributed by atoms with van der Waals surface area (Å²) in [6.45, 7) is -0.646. The van der Waals surface area contributed by atoms with Crippen LogP contribution in [0.15, 0.2) is 24.3 Å². The molecule has 9 heteroatoms. The van der Waals surface area contributed by atoms with Crippen molar-refractivity contribution in [2.24, 2.45) is 0 Å². The number of amides is 2. The Morgan fingerprint density at radius 1 is 1.00 bits per heavy atom. The largest absolute Gasteiger partial charge is 0.394 e. The summed E-state index contributed by atoms with van der Waals surface area (Å²) in [5.74, 6) is -1.47. The molecule has 124 valence electrons. The van der Waals surface area contributed by atoms with E-state index in [1.165, 1.54) is 12.1 Å². The highest BCUT2D eigenvalue weighted by atomic mass is 16.8. The first kappa shape index (κ1) is 16.0. The van der Waals surface area contributed by atoms with Crippen LogP contribution in [0.1, 0.15) is 20.7 Å². The van der Waals surface area contributed by atoms with Crippen LogP contribution in [0.25, 0.3) is 0 Å². The second-order valence-electron chi connectivity index (χ2n) is 5.25. The smallest absolute Gasteiger partial charge is 0.285 e. The van der Waals surface area contributed by atoms with E-state index in [1.54, 1.807) is 12.1 Å². The molecular weight excluding hydrogens is 310 g/mol. The van der Waals surface area contributed by atoms with E-state index in [0.717, 1.165) is 0 Å². The Kier molecular flexibility index (Phi) is 4.15. The molecule has 0 unspecified atom stereocenters. The monoisotopic (exact) mass is 325 g/mol. The Bertz CT molecular complexity index is 598. The Hall–Kier alpha value is -1.88. The first-order valence-electron chi connectivity index (χ1n) is 6.90. The normalized spacial score (nSPS) is 33.9. The molecule has 1 aromatic carbocycles. The Morgan fingerprint density at radius 2 is 1.57 bits per heavy atom. The zero-order valence-corrected chi connectivity index (χ0v) is 11.8. The van der Waals surface area contributed by atoms with E-state index in [2.05, 4.69) is 0 Å². The number of aliphatic hydroxyl groups excluding tert-OH is 4. The predicted octanol–water partition coefficient (Wildman–Crippen LogP) is -1.99. The lowest BCUT2D eigenvalue weighted by atomic mass is 9.99. The fourth-order valence-electron chi connectivity index (χ4n) is 2.52. The molecule has 2 aliphatic rings. The molecule has 3 rings (SSSR count). The van der Waals surface area contributed by atoms with Crippen LogP contribution in [0.2, 0.25) is 0 Å². The van der Waals surface area contributed by atoms with Crippen LogP contribution < -0.4 is 0 Å². The van der Waals surface area contributed by atoms with Crippen LogP contribution in [-0.2, 0) is 9.57 Å². The summed E-state index contributed by atoms with van der Waals surface area (Å²) in [7, 11) is 0. The van der Waals surface area contributed by atoms with E-state index in [4.69, 9.17) is 14.7 Å². The molecule has 0 bridgehead atoms. The van der Waals surface area contributed by atoms with Crippen molar-refractivity contribution in [3.05, 3.63) is 35.4 Å². The first-order chi connectivity index (χ1) is 11.0. The van der Waals surface area contributed by atoms with Gasteiger partial charge in [-0.2, -0.15) is 0 Å². The number of rotatable bonds is 3. The maximum atomic E-state index is 12.2. The molecule has 2 heterocycles. The fraction of sp³-hybridized carbons (Fsp3) is 0.429. The number of nitrogens with zero attached hydrogens (tertiary/aromatic N) is 1. The highest BCUT2D eigenvalue weighted by Gasteiger charge is 2.47. The van der Waals surface area contributed by atoms with Crippen molar-refractivity contribution >= 4 is 11.8 Å². The van der Waals surface area contributed by atoms with Crippen LogP contribution in [0.3, 0.4) is 0 Å². The van der Waals surface area contributed by atoms with Crippen molar-refractivity contribution in [3.63, 3.8) is 0 Å². The summed E-state index contributed by atoms with van der Waals surface area (Å²) in [5, 5.41) is 38.8. The summed E-state index contributed by atoms with van der Waals surface area (Å²) < 4.78 is 5.11. The van der Waals surface area contributed by atoms with E-state index < -0.39 is 49.1 Å². The number of imide groups is 1. The Balaban J connectivity index is 1.80. The van der Waals surface area contributed by atoms with E-state index >= 15 is 0 Å². The summed E-state index contributed by atoms with van der Waals surface area (Å²) in [6.07, 6.45) is -7.74. The van der Waals surface area contributed by atoms with E-state index in [1.807, 2.05) is 0 Å². The van der Waals surface area contributed by atoms with Crippen molar-refractivity contribution in [1.29, 1.82) is 0 Å². The number of carbonyl (C=O) groups excluding carboxylic acids is 2. The number of aliphatic hydroxyl groups is 4. The standard InChI is InChI=1S/C14H15NO8/c16-5-8-9(17)10(18)11(19)14(22-8)23-15-12(20)6-3-1-2-4-7(6)13(15)21/h1-4,8-11,14,16-19H,5H2/t8-,9-,10+,11-,14+/m1/s1. The zero-order chi connectivity index (χ0) is 16.7. The van der Waals surface area contributed by atoms with Gasteiger partial charge in [-0.1, -0.05) is 12.1 Å². The third-order valence-corrected chi connectivity index (χ3v) is 3.81. The van der Waals surface area contributed by atoms with Gasteiger partial charge in [0.2, 0.25) is 6.29 Å². The average Bonchev–Trinajstić information content (AvgIpc) is 2.80. The van der Waals surface area contributed by atoms with Gasteiger partial charge in [0.05, 0.1) is 17.7 Å². The summed E-state index contributed by atoms with van der Waals surface area (Å²) in [6, 6.07) is 6.07. The molecular formula is C14H15NO8. The minimum atomic E-state index is -1.71. The molecule has 2 aliphatic heterocycles. The minimum Gasteiger partial charge on any atom is -0.394 e. The van der Waals surface area contributed by atoms with Crippen LogP contribution >= 0.6 is 0 Å². The molecule has 0 aromatic heterocycles. The van der Waals surface area contributed by atoms with Gasteiger partial charge in [-0.3, -0.25) is 9.59 Å². The average molecular weight is 325 g/mol. The van der Waals surface area contributed by atoms with Crippen LogP contribution in [0.4, 0.5) is 0 Å². The van der Waals surface area contributed by atoms with Gasteiger partial charge in [0.1, 0.15) is 24.4 Å². The lowest BCUT2D eigenvalue weighted by Crippen LogP contribution is -2.60. The van der Waals surface area contributed by atoms with Crippen molar-refractivity contribution in [2.75, 3.05) is 6.61 Å². The summed E-state index contributed by atoms with van der Waals surface area (Å²) in [4.78, 5) is 29.4. The fourth-order valence-corrected chi connectivity index (χ4v) is 2.52. The third kappa shape index (κ3) is 2.53. The summed E-state index contributed by atoms with van der Waals surface area (Å²) in [5.41, 5.74) is 0.282. The topological polar surface area (TPSA) is 137 Å². The van der Waals surface area contributed by atoms with Crippen molar-refractivity contribution in [1.82, 2.24) is 5.06 Å². The summed E-state index contributed by atoms with van der Waals surface area (Å²) >= 11 is 0. The van der Waals surface area contributed by atoms with Gasteiger partial charge in [0.25, 0.3) is 11.8 Å². The van der Waals surface area contributed by atoms with E-state index in [9.17, 15) is 24.9 Å². The number of ether oxygens (including phenoxy) is 1. The van der Waals surface area contributed by atoms with Crippen LogP contribution in [0, 0.1) is 0 Å². The van der Waals surface area contributed by atoms with Crippen molar-refractivity contribution in [2.45, 2.75) is 30.7 Å². The maximum absolute atomic E-state index is 12.2. The molecule has 1 fully saturated rings. The molecule has 9 nitrogen and oxygen atoms in total. The van der Waals surface area contributed by atoms with Crippen LogP contribution in [-0.4, -0.2) is 74.6 Å². The van der Waals surface area contributed by atoms with Gasteiger partial charge in [-0.05, 0) is 12.1 Å². The number of fused-ring (bicyclic) bond motifs is 1. The molecule has 23 heavy (non-hydrogen) atoms. The lowest BCUT2D eigenvalue weighted by molar-refractivity contribution is -0.338. The third-order valence-electron chi connectivity index (χ3n) is 3.81. The van der Waals surface area contributed by atoms with Crippen molar-refractivity contribution in [3.8, 4) is 0 Å². The first-order valence-corrected chi connectivity index (χ1v) is 6.90. The zero-order valence-electron chi connectivity index (χ0n) is 11.8. The molecule has 0 radical (unpaired) electrons. The van der Waals surface area contributed by atoms with Gasteiger partial charge in [0.15, 0.2) is 0 Å². The molecule has 1 aromatic rings. The number of hydrogen-bond donors (Lipinski definition) is 4. The predicted molar refractivity (Wildman–Crippen MR) is 71.8 cm³/mol. The molecule has 0 saturated carbocycles. The van der Waals surface area contributed by atoms with Gasteiger partial charge in [0, 0.05) is 0 Å². The molecule has 4 N–H and O–H groups in total.